The van der Waals surface area contributed by atoms with Gasteiger partial charge in [0.2, 0.25) is 5.91 Å². The zero-order valence-electron chi connectivity index (χ0n) is 8.46. The summed E-state index contributed by atoms with van der Waals surface area (Å²) < 4.78 is 5.15. The van der Waals surface area contributed by atoms with Gasteiger partial charge in [-0.3, -0.25) is 4.79 Å². The number of amides is 1. The summed E-state index contributed by atoms with van der Waals surface area (Å²) in [6.07, 6.45) is 4.74. The average molecular weight is 228 g/mol. The van der Waals surface area contributed by atoms with Gasteiger partial charge in [-0.1, -0.05) is 0 Å². The van der Waals surface area contributed by atoms with Gasteiger partial charge in [0, 0.05) is 18.7 Å². The van der Waals surface area contributed by atoms with Crippen molar-refractivity contribution in [1.82, 2.24) is 5.32 Å². The van der Waals surface area contributed by atoms with Crippen molar-refractivity contribution in [1.29, 1.82) is 0 Å². The molecule has 0 atom stereocenters. The monoisotopic (exact) mass is 227 g/mol. The topological polar surface area (TPSA) is 42.2 Å². The summed E-state index contributed by atoms with van der Waals surface area (Å²) in [6.45, 7) is 0. The van der Waals surface area contributed by atoms with Crippen LogP contribution in [0.4, 0.5) is 0 Å². The van der Waals surface area contributed by atoms with E-state index in [2.05, 4.69) is 5.32 Å². The van der Waals surface area contributed by atoms with Crippen molar-refractivity contribution in [2.24, 2.45) is 0 Å². The molecular formula is C11H14ClNO2. The molecule has 0 aliphatic heterocycles. The molecule has 1 saturated carbocycles. The van der Waals surface area contributed by atoms with Gasteiger partial charge in [-0.15, -0.1) is 11.6 Å². The van der Waals surface area contributed by atoms with E-state index < -0.39 is 0 Å². The molecule has 1 aromatic rings. The molecule has 1 heterocycles. The number of carbonyl (C=O) groups excluding carboxylic acids is 1. The summed E-state index contributed by atoms with van der Waals surface area (Å²) in [4.78, 5) is 11.5. The molecule has 1 N–H and O–H groups in total. The predicted octanol–water partition coefficient (Wildman–Crippen LogP) is 2.10. The minimum Gasteiger partial charge on any atom is -0.469 e. The molecule has 2 rings (SSSR count). The number of hydrogen-bond donors (Lipinski definition) is 1. The maximum atomic E-state index is 11.5. The molecule has 0 bridgehead atoms. The fourth-order valence-electron chi connectivity index (χ4n) is 1.49. The third-order valence-corrected chi connectivity index (χ3v) is 3.20. The maximum Gasteiger partial charge on any atom is 0.220 e. The highest BCUT2D eigenvalue weighted by Gasteiger charge is 2.42. The van der Waals surface area contributed by atoms with E-state index in [1.54, 1.807) is 6.26 Å². The first-order chi connectivity index (χ1) is 7.24. The smallest absolute Gasteiger partial charge is 0.220 e. The Morgan fingerprint density at radius 1 is 1.60 bits per heavy atom. The van der Waals surface area contributed by atoms with Gasteiger partial charge in [-0.2, -0.15) is 0 Å². The Hall–Kier alpha value is -0.960. The van der Waals surface area contributed by atoms with Gasteiger partial charge in [-0.05, 0) is 25.0 Å². The molecule has 0 saturated heterocycles. The van der Waals surface area contributed by atoms with E-state index in [0.717, 1.165) is 18.6 Å². The zero-order valence-corrected chi connectivity index (χ0v) is 9.22. The minimum absolute atomic E-state index is 0.0598. The van der Waals surface area contributed by atoms with Crippen molar-refractivity contribution in [3.63, 3.8) is 0 Å². The quantitative estimate of drug-likeness (QED) is 0.783. The fourth-order valence-corrected chi connectivity index (χ4v) is 1.83. The molecule has 3 nitrogen and oxygen atoms in total. The highest BCUT2D eigenvalue weighted by Crippen LogP contribution is 2.36. The molecule has 0 spiro atoms. The normalized spacial score (nSPS) is 17.4. The fraction of sp³-hybridized carbons (Fsp3) is 0.545. The first-order valence-electron chi connectivity index (χ1n) is 5.13. The average Bonchev–Trinajstić information content (AvgIpc) is 2.80. The summed E-state index contributed by atoms with van der Waals surface area (Å²) in [5, 5.41) is 2.97. The molecule has 82 valence electrons. The lowest BCUT2D eigenvalue weighted by atomic mass is 10.2. The largest absolute Gasteiger partial charge is 0.469 e. The third-order valence-electron chi connectivity index (χ3n) is 2.69. The van der Waals surface area contributed by atoms with Gasteiger partial charge in [0.15, 0.2) is 0 Å². The van der Waals surface area contributed by atoms with E-state index in [4.69, 9.17) is 16.0 Å². The Morgan fingerprint density at radius 2 is 2.40 bits per heavy atom. The van der Waals surface area contributed by atoms with Crippen LogP contribution in [-0.2, 0) is 11.2 Å². The van der Waals surface area contributed by atoms with Crippen LogP contribution >= 0.6 is 11.6 Å². The summed E-state index contributed by atoms with van der Waals surface area (Å²) >= 11 is 5.77. The number of hydrogen-bond acceptors (Lipinski definition) is 2. The molecule has 0 unspecified atom stereocenters. The molecule has 1 aliphatic carbocycles. The summed E-state index contributed by atoms with van der Waals surface area (Å²) in [7, 11) is 0. The molecular weight excluding hydrogens is 214 g/mol. The summed E-state index contributed by atoms with van der Waals surface area (Å²) in [5.41, 5.74) is -0.0954. The van der Waals surface area contributed by atoms with Crippen LogP contribution in [-0.4, -0.2) is 17.3 Å². The first-order valence-corrected chi connectivity index (χ1v) is 5.67. The van der Waals surface area contributed by atoms with Crippen LogP contribution in [0.5, 0.6) is 0 Å². The number of rotatable bonds is 5. The van der Waals surface area contributed by atoms with Crippen molar-refractivity contribution < 1.29 is 9.21 Å². The highest BCUT2D eigenvalue weighted by atomic mass is 35.5. The van der Waals surface area contributed by atoms with Crippen molar-refractivity contribution in [3.8, 4) is 0 Å². The molecule has 15 heavy (non-hydrogen) atoms. The Morgan fingerprint density at radius 3 is 2.93 bits per heavy atom. The summed E-state index contributed by atoms with van der Waals surface area (Å²) in [6, 6.07) is 3.70. The standard InChI is InChI=1S/C11H14ClNO2/c12-8-11(5-6-11)13-10(14)4-3-9-2-1-7-15-9/h1-2,7H,3-6,8H2,(H,13,14). The third kappa shape index (κ3) is 2.75. The molecule has 1 fully saturated rings. The first kappa shape index (κ1) is 10.6. The van der Waals surface area contributed by atoms with Gasteiger partial charge >= 0.3 is 0 Å². The Kier molecular flexibility index (Phi) is 3.00. The number of aryl methyl sites for hydroxylation is 1. The van der Waals surface area contributed by atoms with E-state index >= 15 is 0 Å². The van der Waals surface area contributed by atoms with E-state index in [1.165, 1.54) is 0 Å². The minimum atomic E-state index is -0.0954. The predicted molar refractivity (Wildman–Crippen MR) is 57.9 cm³/mol. The van der Waals surface area contributed by atoms with Crippen LogP contribution < -0.4 is 5.32 Å². The Bertz CT molecular complexity index is 330. The molecule has 1 aromatic heterocycles. The van der Waals surface area contributed by atoms with Crippen molar-refractivity contribution in [3.05, 3.63) is 24.2 Å². The molecule has 1 aliphatic rings. The van der Waals surface area contributed by atoms with Crippen LogP contribution in [0.2, 0.25) is 0 Å². The van der Waals surface area contributed by atoms with Crippen molar-refractivity contribution in [2.75, 3.05) is 5.88 Å². The Balaban J connectivity index is 1.73. The lowest BCUT2D eigenvalue weighted by molar-refractivity contribution is -0.121. The molecule has 0 aromatic carbocycles. The lowest BCUT2D eigenvalue weighted by Crippen LogP contribution is -2.38. The number of alkyl halides is 1. The number of furan rings is 1. The maximum absolute atomic E-state index is 11.5. The van der Waals surface area contributed by atoms with Crippen LogP contribution in [0.1, 0.15) is 25.0 Å². The zero-order chi connectivity index (χ0) is 10.7. The van der Waals surface area contributed by atoms with Crippen LogP contribution in [0, 0.1) is 0 Å². The Labute approximate surface area is 93.8 Å². The van der Waals surface area contributed by atoms with E-state index in [1.807, 2.05) is 12.1 Å². The molecule has 4 heteroatoms. The van der Waals surface area contributed by atoms with Crippen LogP contribution in [0.25, 0.3) is 0 Å². The molecule has 0 radical (unpaired) electrons. The van der Waals surface area contributed by atoms with Gasteiger partial charge < -0.3 is 9.73 Å². The second-order valence-electron chi connectivity index (χ2n) is 4.04. The van der Waals surface area contributed by atoms with Crippen LogP contribution in [0.15, 0.2) is 22.8 Å². The lowest BCUT2D eigenvalue weighted by Gasteiger charge is -2.13. The van der Waals surface area contributed by atoms with Crippen molar-refractivity contribution >= 4 is 17.5 Å². The van der Waals surface area contributed by atoms with E-state index in [9.17, 15) is 4.79 Å². The van der Waals surface area contributed by atoms with Crippen LogP contribution in [0.3, 0.4) is 0 Å². The summed E-state index contributed by atoms with van der Waals surface area (Å²) in [5.74, 6) is 1.42. The van der Waals surface area contributed by atoms with Gasteiger partial charge in [0.1, 0.15) is 5.76 Å². The second kappa shape index (κ2) is 4.27. The number of nitrogens with one attached hydrogen (secondary N) is 1. The van der Waals surface area contributed by atoms with Gasteiger partial charge in [-0.25, -0.2) is 0 Å². The van der Waals surface area contributed by atoms with Gasteiger partial charge in [0.25, 0.3) is 0 Å². The second-order valence-corrected chi connectivity index (χ2v) is 4.31. The highest BCUT2D eigenvalue weighted by molar-refractivity contribution is 6.19. The number of carbonyl (C=O) groups is 1. The van der Waals surface area contributed by atoms with Gasteiger partial charge in [0.05, 0.1) is 11.8 Å². The van der Waals surface area contributed by atoms with Crippen molar-refractivity contribution in [2.45, 2.75) is 31.2 Å². The SMILES string of the molecule is O=C(CCc1ccco1)NC1(CCl)CC1. The number of halogens is 1. The van der Waals surface area contributed by atoms with E-state index in [-0.39, 0.29) is 11.4 Å². The molecule has 1 amide bonds. The van der Waals surface area contributed by atoms with E-state index in [0.29, 0.717) is 18.7 Å².